The second-order valence-electron chi connectivity index (χ2n) is 4.71. The lowest BCUT2D eigenvalue weighted by Crippen LogP contribution is -2.38. The zero-order valence-corrected chi connectivity index (χ0v) is 10.6. The number of aromatic carboxylic acids is 1. The van der Waals surface area contributed by atoms with Gasteiger partial charge in [0, 0.05) is 18.7 Å². The number of hydrogen-bond donors (Lipinski definition) is 2. The molecule has 1 aliphatic rings. The zero-order valence-electron chi connectivity index (χ0n) is 10.6. The predicted octanol–water partition coefficient (Wildman–Crippen LogP) is 0.947. The molecule has 0 aliphatic carbocycles. The van der Waals surface area contributed by atoms with Crippen LogP contribution in [0.15, 0.2) is 10.6 Å². The molecule has 1 aliphatic heterocycles. The summed E-state index contributed by atoms with van der Waals surface area (Å²) in [6, 6.07) is 1.95. The first-order chi connectivity index (χ1) is 8.66. The van der Waals surface area contributed by atoms with Crippen molar-refractivity contribution in [1.82, 2.24) is 15.4 Å². The van der Waals surface area contributed by atoms with Gasteiger partial charge in [0.2, 0.25) is 0 Å². The molecule has 18 heavy (non-hydrogen) atoms. The van der Waals surface area contributed by atoms with E-state index in [1.165, 1.54) is 32.0 Å². The maximum atomic E-state index is 10.6. The molecule has 100 valence electrons. The molecular formula is C12H19N3O3. The molecule has 6 heteroatoms. The topological polar surface area (TPSA) is 78.6 Å². The summed E-state index contributed by atoms with van der Waals surface area (Å²) >= 11 is 0. The first kappa shape index (κ1) is 13.0. The van der Waals surface area contributed by atoms with E-state index in [1.54, 1.807) is 0 Å². The van der Waals surface area contributed by atoms with Crippen LogP contribution in [-0.2, 0) is 6.54 Å². The van der Waals surface area contributed by atoms with Crippen molar-refractivity contribution in [3.63, 3.8) is 0 Å². The van der Waals surface area contributed by atoms with Gasteiger partial charge in [-0.1, -0.05) is 5.16 Å². The van der Waals surface area contributed by atoms with Crippen LogP contribution in [0.1, 0.15) is 36.0 Å². The third-order valence-electron chi connectivity index (χ3n) is 3.28. The Bertz CT molecular complexity index is 399. The van der Waals surface area contributed by atoms with Gasteiger partial charge < -0.3 is 14.9 Å². The van der Waals surface area contributed by atoms with E-state index >= 15 is 0 Å². The summed E-state index contributed by atoms with van der Waals surface area (Å²) in [5.41, 5.74) is -0.0422. The summed E-state index contributed by atoms with van der Waals surface area (Å²) in [5.74, 6) is -0.503. The van der Waals surface area contributed by atoms with Crippen molar-refractivity contribution >= 4 is 5.97 Å². The van der Waals surface area contributed by atoms with Crippen molar-refractivity contribution < 1.29 is 14.4 Å². The third kappa shape index (κ3) is 3.30. The van der Waals surface area contributed by atoms with Gasteiger partial charge in [-0.05, 0) is 32.9 Å². The van der Waals surface area contributed by atoms with E-state index in [1.807, 2.05) is 0 Å². The van der Waals surface area contributed by atoms with E-state index in [9.17, 15) is 4.79 Å². The van der Waals surface area contributed by atoms with E-state index in [-0.39, 0.29) is 5.69 Å². The zero-order chi connectivity index (χ0) is 13.0. The van der Waals surface area contributed by atoms with Crippen LogP contribution >= 0.6 is 0 Å². The highest BCUT2D eigenvalue weighted by Gasteiger charge is 2.17. The summed E-state index contributed by atoms with van der Waals surface area (Å²) in [6.45, 7) is 5.92. The minimum absolute atomic E-state index is 0.0422. The molecule has 0 aromatic carbocycles. The van der Waals surface area contributed by atoms with Gasteiger partial charge in [-0.15, -0.1) is 0 Å². The molecule has 0 spiro atoms. The molecule has 2 rings (SSSR count). The highest BCUT2D eigenvalue weighted by atomic mass is 16.5. The molecule has 1 unspecified atom stereocenters. The molecule has 6 nitrogen and oxygen atoms in total. The van der Waals surface area contributed by atoms with Gasteiger partial charge in [-0.3, -0.25) is 4.90 Å². The Hall–Kier alpha value is -1.40. The van der Waals surface area contributed by atoms with Crippen molar-refractivity contribution in [3.8, 4) is 0 Å². The highest BCUT2D eigenvalue weighted by molar-refractivity contribution is 5.85. The molecule has 2 heterocycles. The molecule has 0 radical (unpaired) electrons. The lowest BCUT2D eigenvalue weighted by atomic mass is 10.3. The third-order valence-corrected chi connectivity index (χ3v) is 3.28. The smallest absolute Gasteiger partial charge is 0.358 e. The molecule has 0 bridgehead atoms. The maximum absolute atomic E-state index is 10.6. The molecule has 0 saturated carbocycles. The van der Waals surface area contributed by atoms with Crippen molar-refractivity contribution in [2.75, 3.05) is 19.6 Å². The lowest BCUT2D eigenvalue weighted by Gasteiger charge is -2.23. The number of carbonyl (C=O) groups is 1. The fourth-order valence-electron chi connectivity index (χ4n) is 2.21. The summed E-state index contributed by atoms with van der Waals surface area (Å²) in [6.07, 6.45) is 2.57. The minimum Gasteiger partial charge on any atom is -0.476 e. The van der Waals surface area contributed by atoms with E-state index < -0.39 is 5.97 Å². The van der Waals surface area contributed by atoms with Gasteiger partial charge in [-0.2, -0.15) is 0 Å². The van der Waals surface area contributed by atoms with Crippen LogP contribution < -0.4 is 5.32 Å². The number of carboxylic acids is 1. The van der Waals surface area contributed by atoms with Crippen LogP contribution in [0.5, 0.6) is 0 Å². The molecule has 0 amide bonds. The van der Waals surface area contributed by atoms with Gasteiger partial charge in [-0.25, -0.2) is 4.79 Å². The average molecular weight is 253 g/mol. The summed E-state index contributed by atoms with van der Waals surface area (Å²) in [4.78, 5) is 13.1. The van der Waals surface area contributed by atoms with Crippen molar-refractivity contribution in [2.45, 2.75) is 32.4 Å². The van der Waals surface area contributed by atoms with Gasteiger partial charge >= 0.3 is 5.97 Å². The molecule has 1 saturated heterocycles. The molecule has 1 atom stereocenters. The van der Waals surface area contributed by atoms with Crippen molar-refractivity contribution in [1.29, 1.82) is 0 Å². The number of nitrogens with one attached hydrogen (secondary N) is 1. The molecule has 1 aromatic rings. The first-order valence-corrected chi connectivity index (χ1v) is 6.30. The standard InChI is InChI=1S/C12H19N3O3/c1-9(15-4-2-3-5-15)7-13-8-10-6-11(12(16)17)14-18-10/h6,9,13H,2-5,7-8H2,1H3,(H,16,17). The largest absolute Gasteiger partial charge is 0.476 e. The first-order valence-electron chi connectivity index (χ1n) is 6.30. The highest BCUT2D eigenvalue weighted by Crippen LogP contribution is 2.11. The summed E-state index contributed by atoms with van der Waals surface area (Å²) in [5, 5.41) is 15.4. The Morgan fingerprint density at radius 3 is 2.94 bits per heavy atom. The van der Waals surface area contributed by atoms with Crippen LogP contribution in [-0.4, -0.2) is 46.8 Å². The van der Waals surface area contributed by atoms with Crippen molar-refractivity contribution in [2.24, 2.45) is 0 Å². The minimum atomic E-state index is -1.06. The van der Waals surface area contributed by atoms with E-state index in [0.717, 1.165) is 6.54 Å². The Morgan fingerprint density at radius 2 is 2.33 bits per heavy atom. The number of hydrogen-bond acceptors (Lipinski definition) is 5. The number of aromatic nitrogens is 1. The second kappa shape index (κ2) is 5.97. The Kier molecular flexibility index (Phi) is 4.33. The number of carboxylic acid groups (broad SMARTS) is 1. The normalized spacial score (nSPS) is 18.1. The van der Waals surface area contributed by atoms with E-state index in [4.69, 9.17) is 9.63 Å². The van der Waals surface area contributed by atoms with Gasteiger partial charge in [0.15, 0.2) is 11.5 Å². The van der Waals surface area contributed by atoms with Gasteiger partial charge in [0.25, 0.3) is 0 Å². The summed E-state index contributed by atoms with van der Waals surface area (Å²) < 4.78 is 4.93. The van der Waals surface area contributed by atoms with Crippen LogP contribution in [0.25, 0.3) is 0 Å². The van der Waals surface area contributed by atoms with Crippen LogP contribution in [0, 0.1) is 0 Å². The van der Waals surface area contributed by atoms with Crippen LogP contribution in [0.3, 0.4) is 0 Å². The fourth-order valence-corrected chi connectivity index (χ4v) is 2.21. The Balaban J connectivity index is 1.72. The van der Waals surface area contributed by atoms with Crippen LogP contribution in [0.4, 0.5) is 0 Å². The fraction of sp³-hybridized carbons (Fsp3) is 0.667. The van der Waals surface area contributed by atoms with Gasteiger partial charge in [0.05, 0.1) is 6.54 Å². The van der Waals surface area contributed by atoms with Gasteiger partial charge in [0.1, 0.15) is 0 Å². The SMILES string of the molecule is CC(CNCc1cc(C(=O)O)no1)N1CCCC1. The maximum Gasteiger partial charge on any atom is 0.358 e. The Morgan fingerprint density at radius 1 is 1.61 bits per heavy atom. The average Bonchev–Trinajstić information content (AvgIpc) is 3.00. The molecule has 1 fully saturated rings. The number of nitrogens with zero attached hydrogens (tertiary/aromatic N) is 2. The molecular weight excluding hydrogens is 234 g/mol. The monoisotopic (exact) mass is 253 g/mol. The number of rotatable bonds is 6. The second-order valence-corrected chi connectivity index (χ2v) is 4.71. The van der Waals surface area contributed by atoms with Crippen molar-refractivity contribution in [3.05, 3.63) is 17.5 Å². The summed E-state index contributed by atoms with van der Waals surface area (Å²) in [7, 11) is 0. The van der Waals surface area contributed by atoms with E-state index in [2.05, 4.69) is 22.3 Å². The quantitative estimate of drug-likeness (QED) is 0.785. The number of likely N-dealkylation sites (tertiary alicyclic amines) is 1. The Labute approximate surface area is 106 Å². The van der Waals surface area contributed by atoms with E-state index in [0.29, 0.717) is 18.3 Å². The molecule has 1 aromatic heterocycles. The van der Waals surface area contributed by atoms with Crippen LogP contribution in [0.2, 0.25) is 0 Å². The predicted molar refractivity (Wildman–Crippen MR) is 65.4 cm³/mol. The lowest BCUT2D eigenvalue weighted by molar-refractivity contribution is 0.0685. The molecule has 2 N–H and O–H groups in total.